The molecule has 2 amide bonds. The van der Waals surface area contributed by atoms with Gasteiger partial charge in [0, 0.05) is 24.0 Å². The van der Waals surface area contributed by atoms with Crippen molar-refractivity contribution in [2.45, 2.75) is 19.8 Å². The molecule has 0 aliphatic carbocycles. The van der Waals surface area contributed by atoms with E-state index in [4.69, 9.17) is 0 Å². The number of benzene rings is 1. The number of nitrogens with zero attached hydrogens (tertiary/aromatic N) is 1. The molecule has 0 radical (unpaired) electrons. The Bertz CT molecular complexity index is 852. The van der Waals surface area contributed by atoms with Crippen molar-refractivity contribution in [3.05, 3.63) is 40.1 Å². The predicted molar refractivity (Wildman–Crippen MR) is 97.1 cm³/mol. The van der Waals surface area contributed by atoms with E-state index in [-0.39, 0.29) is 11.4 Å². The first-order valence-electron chi connectivity index (χ1n) is 7.46. The maximum absolute atomic E-state index is 13.7. The Kier molecular flexibility index (Phi) is 6.32. The average Bonchev–Trinajstić information content (AvgIpc) is 2.91. The number of aromatic nitrogens is 1. The zero-order valence-corrected chi connectivity index (χ0v) is 15.4. The van der Waals surface area contributed by atoms with Gasteiger partial charge in [-0.25, -0.2) is 22.6 Å². The Morgan fingerprint density at radius 1 is 1.36 bits per heavy atom. The van der Waals surface area contributed by atoms with Crippen LogP contribution in [0.15, 0.2) is 23.6 Å². The number of halogens is 1. The van der Waals surface area contributed by atoms with Gasteiger partial charge in [0.25, 0.3) is 0 Å². The van der Waals surface area contributed by atoms with Crippen molar-refractivity contribution < 1.29 is 17.6 Å². The first-order valence-corrected chi connectivity index (χ1v) is 10.2. The Balaban J connectivity index is 1.84. The van der Waals surface area contributed by atoms with Crippen LogP contribution < -0.4 is 15.4 Å². The van der Waals surface area contributed by atoms with Crippen molar-refractivity contribution in [1.29, 1.82) is 0 Å². The zero-order valence-electron chi connectivity index (χ0n) is 13.8. The highest BCUT2D eigenvalue weighted by molar-refractivity contribution is 7.92. The number of aryl methyl sites for hydroxylation is 2. The average molecular weight is 386 g/mol. The summed E-state index contributed by atoms with van der Waals surface area (Å²) >= 11 is 1.57. The molecule has 0 bridgehead atoms. The van der Waals surface area contributed by atoms with Gasteiger partial charge in [-0.05, 0) is 31.5 Å². The third kappa shape index (κ3) is 6.67. The van der Waals surface area contributed by atoms with E-state index in [1.54, 1.807) is 11.3 Å². The van der Waals surface area contributed by atoms with E-state index in [9.17, 15) is 17.6 Å². The first kappa shape index (κ1) is 19.1. The van der Waals surface area contributed by atoms with Crippen LogP contribution in [0.4, 0.5) is 20.6 Å². The standard InChI is InChI=1S/C15H19FN4O3S2/c1-10-9-24-14(18-10)4-3-7-17-15(21)19-13-8-11(5-6-12(13)16)20-25(2,22)23/h5-6,8-9,20H,3-4,7H2,1-2H3,(H2,17,19,21). The molecule has 1 aromatic heterocycles. The maximum atomic E-state index is 13.7. The van der Waals surface area contributed by atoms with Crippen LogP contribution in [0.5, 0.6) is 0 Å². The van der Waals surface area contributed by atoms with Crippen molar-refractivity contribution in [1.82, 2.24) is 10.3 Å². The lowest BCUT2D eigenvalue weighted by molar-refractivity contribution is 0.252. The van der Waals surface area contributed by atoms with E-state index in [1.165, 1.54) is 12.1 Å². The quantitative estimate of drug-likeness (QED) is 0.637. The monoisotopic (exact) mass is 386 g/mol. The van der Waals surface area contributed by atoms with Crippen molar-refractivity contribution in [2.75, 3.05) is 22.8 Å². The highest BCUT2D eigenvalue weighted by Gasteiger charge is 2.10. The molecule has 1 aromatic carbocycles. The Morgan fingerprint density at radius 3 is 2.76 bits per heavy atom. The number of nitrogens with one attached hydrogen (secondary N) is 3. The second-order valence-corrected chi connectivity index (χ2v) is 8.13. The van der Waals surface area contributed by atoms with Crippen molar-refractivity contribution >= 4 is 38.8 Å². The smallest absolute Gasteiger partial charge is 0.319 e. The molecule has 0 fully saturated rings. The summed E-state index contributed by atoms with van der Waals surface area (Å²) in [6, 6.07) is 3.00. The van der Waals surface area contributed by atoms with Gasteiger partial charge < -0.3 is 10.6 Å². The number of rotatable bonds is 7. The number of amides is 2. The van der Waals surface area contributed by atoms with Crippen LogP contribution in [-0.2, 0) is 16.4 Å². The molecule has 136 valence electrons. The second kappa shape index (κ2) is 8.26. The molecule has 0 saturated heterocycles. The van der Waals surface area contributed by atoms with Gasteiger partial charge in [0.2, 0.25) is 10.0 Å². The van der Waals surface area contributed by atoms with Crippen molar-refractivity contribution in [3.63, 3.8) is 0 Å². The van der Waals surface area contributed by atoms with Crippen molar-refractivity contribution in [2.24, 2.45) is 0 Å². The lowest BCUT2D eigenvalue weighted by Crippen LogP contribution is -2.30. The molecule has 2 aromatic rings. The van der Waals surface area contributed by atoms with Gasteiger partial charge >= 0.3 is 6.03 Å². The summed E-state index contributed by atoms with van der Waals surface area (Å²) in [4.78, 5) is 16.2. The third-order valence-corrected chi connectivity index (χ3v) is 4.67. The van der Waals surface area contributed by atoms with Crippen LogP contribution in [0.25, 0.3) is 0 Å². The summed E-state index contributed by atoms with van der Waals surface area (Å²) in [5.74, 6) is -0.660. The Morgan fingerprint density at radius 2 is 2.12 bits per heavy atom. The van der Waals surface area contributed by atoms with E-state index in [2.05, 4.69) is 20.3 Å². The summed E-state index contributed by atoms with van der Waals surface area (Å²) in [6.07, 6.45) is 2.44. The molecular formula is C15H19FN4O3S2. The van der Waals surface area contributed by atoms with Gasteiger partial charge in [-0.15, -0.1) is 11.3 Å². The lowest BCUT2D eigenvalue weighted by atomic mass is 10.2. The molecule has 0 aliphatic heterocycles. The Labute approximate surface area is 149 Å². The number of anilines is 2. The van der Waals surface area contributed by atoms with Crippen LogP contribution in [0.3, 0.4) is 0 Å². The van der Waals surface area contributed by atoms with E-state index in [0.29, 0.717) is 13.0 Å². The highest BCUT2D eigenvalue weighted by Crippen LogP contribution is 2.20. The third-order valence-electron chi connectivity index (χ3n) is 3.04. The molecule has 0 unspecified atom stereocenters. The van der Waals surface area contributed by atoms with Crippen LogP contribution in [0.1, 0.15) is 17.1 Å². The number of carbonyl (C=O) groups excluding carboxylic acids is 1. The number of carbonyl (C=O) groups is 1. The minimum Gasteiger partial charge on any atom is -0.338 e. The fourth-order valence-electron chi connectivity index (χ4n) is 2.02. The number of hydrogen-bond donors (Lipinski definition) is 3. The van der Waals surface area contributed by atoms with Crippen LogP contribution in [0.2, 0.25) is 0 Å². The molecule has 0 spiro atoms. The van der Waals surface area contributed by atoms with Crippen LogP contribution >= 0.6 is 11.3 Å². The largest absolute Gasteiger partial charge is 0.338 e. The number of urea groups is 1. The van der Waals surface area contributed by atoms with Crippen molar-refractivity contribution in [3.8, 4) is 0 Å². The van der Waals surface area contributed by atoms with E-state index >= 15 is 0 Å². The van der Waals surface area contributed by atoms with E-state index < -0.39 is 21.9 Å². The SMILES string of the molecule is Cc1csc(CCCNC(=O)Nc2cc(NS(C)(=O)=O)ccc2F)n1. The van der Waals surface area contributed by atoms with Gasteiger partial charge in [0.15, 0.2) is 0 Å². The van der Waals surface area contributed by atoms with Crippen LogP contribution in [0, 0.1) is 12.7 Å². The molecule has 0 atom stereocenters. The molecule has 7 nitrogen and oxygen atoms in total. The fourth-order valence-corrected chi connectivity index (χ4v) is 3.40. The van der Waals surface area contributed by atoms with E-state index in [1.807, 2.05) is 12.3 Å². The normalized spacial score (nSPS) is 11.2. The molecule has 25 heavy (non-hydrogen) atoms. The van der Waals surface area contributed by atoms with Gasteiger partial charge in [-0.3, -0.25) is 4.72 Å². The van der Waals surface area contributed by atoms with Gasteiger partial charge in [-0.1, -0.05) is 0 Å². The summed E-state index contributed by atoms with van der Waals surface area (Å²) < 4.78 is 38.4. The minimum absolute atomic E-state index is 0.110. The number of sulfonamides is 1. The molecular weight excluding hydrogens is 367 g/mol. The summed E-state index contributed by atoms with van der Waals surface area (Å²) in [6.45, 7) is 2.33. The van der Waals surface area contributed by atoms with Gasteiger partial charge in [0.1, 0.15) is 5.82 Å². The van der Waals surface area contributed by atoms with Gasteiger partial charge in [0.05, 0.1) is 22.6 Å². The van der Waals surface area contributed by atoms with Crippen LogP contribution in [-0.4, -0.2) is 32.2 Å². The first-order chi connectivity index (χ1) is 11.7. The molecule has 1 heterocycles. The maximum Gasteiger partial charge on any atom is 0.319 e. The predicted octanol–water partition coefficient (Wildman–Crippen LogP) is 2.72. The molecule has 10 heteroatoms. The summed E-state index contributed by atoms with van der Waals surface area (Å²) in [5.41, 5.74) is 1.03. The van der Waals surface area contributed by atoms with Gasteiger partial charge in [-0.2, -0.15) is 0 Å². The Hall–Kier alpha value is -2.20. The fraction of sp³-hybridized carbons (Fsp3) is 0.333. The molecule has 0 saturated carbocycles. The number of thiazole rings is 1. The number of hydrogen-bond acceptors (Lipinski definition) is 5. The molecule has 0 aliphatic rings. The minimum atomic E-state index is -3.48. The second-order valence-electron chi connectivity index (χ2n) is 5.44. The highest BCUT2D eigenvalue weighted by atomic mass is 32.2. The summed E-state index contributed by atoms with van der Waals surface area (Å²) in [7, 11) is -3.48. The zero-order chi connectivity index (χ0) is 18.4. The lowest BCUT2D eigenvalue weighted by Gasteiger charge is -2.10. The summed E-state index contributed by atoms with van der Waals surface area (Å²) in [5, 5.41) is 7.96. The van der Waals surface area contributed by atoms with E-state index in [0.717, 1.165) is 29.4 Å². The topological polar surface area (TPSA) is 100 Å². The molecule has 3 N–H and O–H groups in total. The molecule has 2 rings (SSSR count).